The minimum absolute atomic E-state index is 0.0631. The van der Waals surface area contributed by atoms with Gasteiger partial charge in [-0.05, 0) is 6.42 Å². The first kappa shape index (κ1) is 17.5. The molecule has 1 aromatic rings. The Kier molecular flexibility index (Phi) is 6.18. The van der Waals surface area contributed by atoms with Gasteiger partial charge < -0.3 is 10.4 Å². The van der Waals surface area contributed by atoms with Gasteiger partial charge in [0.1, 0.15) is 0 Å². The summed E-state index contributed by atoms with van der Waals surface area (Å²) in [7, 11) is -3.96. The molecule has 0 fully saturated rings. The number of carbonyl (C=O) groups is 2. The SMILES string of the molecule is CCCC(CC(=O)O)NS(=O)(=O)c1nnc(NC(C)=O)s1. The zero-order valence-corrected chi connectivity index (χ0v) is 13.1. The maximum absolute atomic E-state index is 12.1. The summed E-state index contributed by atoms with van der Waals surface area (Å²) in [5.41, 5.74) is 0. The molecule has 1 atom stereocenters. The van der Waals surface area contributed by atoms with Crippen molar-refractivity contribution in [1.82, 2.24) is 14.9 Å². The van der Waals surface area contributed by atoms with Crippen LogP contribution in [0.5, 0.6) is 0 Å². The van der Waals surface area contributed by atoms with Gasteiger partial charge in [0, 0.05) is 13.0 Å². The van der Waals surface area contributed by atoms with E-state index in [1.807, 2.05) is 6.92 Å². The number of anilines is 1. The van der Waals surface area contributed by atoms with Crippen LogP contribution in [0.2, 0.25) is 0 Å². The minimum atomic E-state index is -3.96. The molecule has 0 aliphatic rings. The summed E-state index contributed by atoms with van der Waals surface area (Å²) in [4.78, 5) is 21.6. The van der Waals surface area contributed by atoms with E-state index in [2.05, 4.69) is 20.2 Å². The van der Waals surface area contributed by atoms with E-state index >= 15 is 0 Å². The summed E-state index contributed by atoms with van der Waals surface area (Å²) in [5, 5.41) is 18.2. The Morgan fingerprint density at radius 2 is 2.05 bits per heavy atom. The summed E-state index contributed by atoms with van der Waals surface area (Å²) >= 11 is 0.695. The van der Waals surface area contributed by atoms with Gasteiger partial charge in [-0.3, -0.25) is 9.59 Å². The summed E-state index contributed by atoms with van der Waals surface area (Å²) in [6.07, 6.45) is 0.709. The van der Waals surface area contributed by atoms with Crippen LogP contribution in [0.25, 0.3) is 0 Å². The van der Waals surface area contributed by atoms with Crippen LogP contribution in [0.1, 0.15) is 33.1 Å². The van der Waals surface area contributed by atoms with Crippen molar-refractivity contribution >= 4 is 38.4 Å². The lowest BCUT2D eigenvalue weighted by atomic mass is 10.1. The average molecular weight is 336 g/mol. The molecule has 0 aromatic carbocycles. The molecule has 0 spiro atoms. The second kappa shape index (κ2) is 7.43. The standard InChI is InChI=1S/C10H16N4O5S2/c1-3-4-7(5-8(16)17)14-21(18,19)10-13-12-9(20-10)11-6(2)15/h7,14H,3-5H2,1-2H3,(H,16,17)(H,11,12,15). The van der Waals surface area contributed by atoms with Crippen molar-refractivity contribution in [2.24, 2.45) is 0 Å². The molecule has 0 radical (unpaired) electrons. The van der Waals surface area contributed by atoms with Crippen LogP contribution in [0.15, 0.2) is 4.34 Å². The molecule has 1 aromatic heterocycles. The monoisotopic (exact) mass is 336 g/mol. The number of rotatable bonds is 8. The zero-order valence-electron chi connectivity index (χ0n) is 11.5. The molecule has 1 amide bonds. The van der Waals surface area contributed by atoms with Crippen LogP contribution in [0.4, 0.5) is 5.13 Å². The van der Waals surface area contributed by atoms with Crippen LogP contribution in [-0.2, 0) is 19.6 Å². The Hall–Kier alpha value is -1.59. The van der Waals surface area contributed by atoms with Gasteiger partial charge in [-0.25, -0.2) is 13.1 Å². The first-order valence-corrected chi connectivity index (χ1v) is 8.39. The molecule has 9 nitrogen and oxygen atoms in total. The molecule has 0 saturated heterocycles. The fraction of sp³-hybridized carbons (Fsp3) is 0.600. The smallest absolute Gasteiger partial charge is 0.304 e. The average Bonchev–Trinajstić information content (AvgIpc) is 2.76. The molecule has 0 aliphatic carbocycles. The number of amides is 1. The lowest BCUT2D eigenvalue weighted by Gasteiger charge is -2.14. The summed E-state index contributed by atoms with van der Waals surface area (Å²) in [5.74, 6) is -1.48. The first-order chi connectivity index (χ1) is 9.74. The van der Waals surface area contributed by atoms with Gasteiger partial charge in [0.2, 0.25) is 15.4 Å². The molecule has 21 heavy (non-hydrogen) atoms. The molecule has 3 N–H and O–H groups in total. The van der Waals surface area contributed by atoms with Gasteiger partial charge in [0.05, 0.1) is 6.42 Å². The number of hydrogen-bond acceptors (Lipinski definition) is 7. The molecule has 1 heterocycles. The number of nitrogens with one attached hydrogen (secondary N) is 2. The Morgan fingerprint density at radius 3 is 2.57 bits per heavy atom. The van der Waals surface area contributed by atoms with Crippen molar-refractivity contribution in [3.8, 4) is 0 Å². The number of hydrogen-bond donors (Lipinski definition) is 3. The highest BCUT2D eigenvalue weighted by atomic mass is 32.2. The van der Waals surface area contributed by atoms with Crippen LogP contribution >= 0.6 is 11.3 Å². The predicted octanol–water partition coefficient (Wildman–Crippen LogP) is 0.418. The maximum Gasteiger partial charge on any atom is 0.304 e. The number of aliphatic carboxylic acids is 1. The van der Waals surface area contributed by atoms with Gasteiger partial charge >= 0.3 is 5.97 Å². The Labute approximate surface area is 125 Å². The van der Waals surface area contributed by atoms with Crippen molar-refractivity contribution < 1.29 is 23.1 Å². The molecule has 1 unspecified atom stereocenters. The van der Waals surface area contributed by atoms with Crippen LogP contribution in [0, 0.1) is 0 Å². The number of sulfonamides is 1. The molecular formula is C10H16N4O5S2. The number of carboxylic acids is 1. The third-order valence-corrected chi connectivity index (χ3v) is 5.03. The van der Waals surface area contributed by atoms with Crippen LogP contribution < -0.4 is 10.0 Å². The van der Waals surface area contributed by atoms with Gasteiger partial charge in [0.15, 0.2) is 0 Å². The molecule has 0 saturated carbocycles. The van der Waals surface area contributed by atoms with Crippen molar-refractivity contribution in [2.45, 2.75) is 43.5 Å². The minimum Gasteiger partial charge on any atom is -0.481 e. The van der Waals surface area contributed by atoms with Gasteiger partial charge in [-0.2, -0.15) is 0 Å². The van der Waals surface area contributed by atoms with E-state index in [0.717, 1.165) is 0 Å². The Balaban J connectivity index is 2.85. The quantitative estimate of drug-likeness (QED) is 0.585. The lowest BCUT2D eigenvalue weighted by Crippen LogP contribution is -2.36. The molecule has 0 aliphatic heterocycles. The molecule has 118 valence electrons. The third kappa shape index (κ3) is 5.73. The molecule has 1 rings (SSSR count). The molecule has 11 heteroatoms. The van der Waals surface area contributed by atoms with Crippen LogP contribution in [-0.4, -0.2) is 41.6 Å². The van der Waals surface area contributed by atoms with Crippen molar-refractivity contribution in [1.29, 1.82) is 0 Å². The van der Waals surface area contributed by atoms with Gasteiger partial charge in [-0.1, -0.05) is 24.7 Å². The van der Waals surface area contributed by atoms with E-state index in [9.17, 15) is 18.0 Å². The van der Waals surface area contributed by atoms with E-state index in [-0.39, 0.29) is 15.9 Å². The fourth-order valence-electron chi connectivity index (χ4n) is 1.55. The number of aromatic nitrogens is 2. The number of carboxylic acid groups (broad SMARTS) is 1. The van der Waals surface area contributed by atoms with E-state index in [1.54, 1.807) is 0 Å². The van der Waals surface area contributed by atoms with Crippen LogP contribution in [0.3, 0.4) is 0 Å². The lowest BCUT2D eigenvalue weighted by molar-refractivity contribution is -0.137. The van der Waals surface area contributed by atoms with E-state index in [4.69, 9.17) is 5.11 Å². The second-order valence-electron chi connectivity index (χ2n) is 4.26. The Morgan fingerprint density at radius 1 is 1.38 bits per heavy atom. The number of nitrogens with zero attached hydrogens (tertiary/aromatic N) is 2. The highest BCUT2D eigenvalue weighted by molar-refractivity contribution is 7.91. The molecule has 0 bridgehead atoms. The van der Waals surface area contributed by atoms with E-state index in [1.165, 1.54) is 6.92 Å². The van der Waals surface area contributed by atoms with Gasteiger partial charge in [-0.15, -0.1) is 10.2 Å². The topological polar surface area (TPSA) is 138 Å². The van der Waals surface area contributed by atoms with E-state index in [0.29, 0.717) is 24.2 Å². The maximum atomic E-state index is 12.1. The predicted molar refractivity (Wildman–Crippen MR) is 75.5 cm³/mol. The van der Waals surface area contributed by atoms with Gasteiger partial charge in [0.25, 0.3) is 10.0 Å². The summed E-state index contributed by atoms with van der Waals surface area (Å²) in [6.45, 7) is 3.08. The normalized spacial score (nSPS) is 12.9. The summed E-state index contributed by atoms with van der Waals surface area (Å²) < 4.78 is 26.2. The van der Waals surface area contributed by atoms with Crippen molar-refractivity contribution in [3.63, 3.8) is 0 Å². The third-order valence-electron chi connectivity index (χ3n) is 2.30. The van der Waals surface area contributed by atoms with Crippen molar-refractivity contribution in [3.05, 3.63) is 0 Å². The van der Waals surface area contributed by atoms with Crippen molar-refractivity contribution in [2.75, 3.05) is 5.32 Å². The van der Waals surface area contributed by atoms with E-state index < -0.39 is 27.9 Å². The molecular weight excluding hydrogens is 320 g/mol. The summed E-state index contributed by atoms with van der Waals surface area (Å²) in [6, 6.07) is -0.717. The zero-order chi connectivity index (χ0) is 16.0. The fourth-order valence-corrected chi connectivity index (χ4v) is 3.78. The Bertz CT molecular complexity index is 613. The first-order valence-electron chi connectivity index (χ1n) is 6.09. The second-order valence-corrected chi connectivity index (χ2v) is 7.12. The highest BCUT2D eigenvalue weighted by Crippen LogP contribution is 2.20. The highest BCUT2D eigenvalue weighted by Gasteiger charge is 2.25. The number of carbonyl (C=O) groups excluding carboxylic acids is 1. The largest absolute Gasteiger partial charge is 0.481 e.